The van der Waals surface area contributed by atoms with E-state index in [0.29, 0.717) is 16.8 Å². The molecule has 0 amide bonds. The molecule has 1 aromatic heterocycles. The highest BCUT2D eigenvalue weighted by atomic mass is 16.6. The lowest BCUT2D eigenvalue weighted by atomic mass is 10.0. The Bertz CT molecular complexity index is 1290. The number of non-ortho nitro benzene ring substituents is 1. The summed E-state index contributed by atoms with van der Waals surface area (Å²) in [5.41, 5.74) is 1.66. The molecule has 0 aliphatic rings. The van der Waals surface area contributed by atoms with E-state index in [9.17, 15) is 20.2 Å². The molecule has 1 heterocycles. The fourth-order valence-corrected chi connectivity index (χ4v) is 2.99. The molecule has 0 saturated carbocycles. The molecule has 0 radical (unpaired) electrons. The zero-order valence-electron chi connectivity index (χ0n) is 15.5. The van der Waals surface area contributed by atoms with Gasteiger partial charge in [-0.25, -0.2) is 0 Å². The van der Waals surface area contributed by atoms with E-state index in [4.69, 9.17) is 0 Å². The average Bonchev–Trinajstić information content (AvgIpc) is 3.24. The second-order valence-electron chi connectivity index (χ2n) is 6.32. The monoisotopic (exact) mass is 395 g/mol. The number of hydrogen-bond acceptors (Lipinski definition) is 6. The molecule has 144 valence electrons. The lowest BCUT2D eigenvalue weighted by molar-refractivity contribution is -0.384. The van der Waals surface area contributed by atoms with Gasteiger partial charge in [0.25, 0.3) is 5.69 Å². The highest BCUT2D eigenvalue weighted by Crippen LogP contribution is 2.26. The molecule has 0 bridgehead atoms. The highest BCUT2D eigenvalue weighted by molar-refractivity contribution is 6.10. The minimum Gasteiger partial charge on any atom is -0.287 e. The number of carbonyl (C=O) groups excluding carboxylic acids is 1. The van der Waals surface area contributed by atoms with Crippen molar-refractivity contribution in [2.75, 3.05) is 0 Å². The normalized spacial score (nSPS) is 10.4. The van der Waals surface area contributed by atoms with E-state index in [1.807, 2.05) is 30.3 Å². The number of carbonyl (C=O) groups is 1. The summed E-state index contributed by atoms with van der Waals surface area (Å²) in [6.45, 7) is 0. The summed E-state index contributed by atoms with van der Waals surface area (Å²) >= 11 is 0. The van der Waals surface area contributed by atoms with Gasteiger partial charge in [0.2, 0.25) is 5.78 Å². The van der Waals surface area contributed by atoms with Crippen LogP contribution in [0.2, 0.25) is 0 Å². The number of rotatable bonds is 5. The predicted octanol–water partition coefficient (Wildman–Crippen LogP) is 3.95. The van der Waals surface area contributed by atoms with Crippen LogP contribution in [-0.4, -0.2) is 25.7 Å². The van der Waals surface area contributed by atoms with Crippen molar-refractivity contribution in [1.29, 1.82) is 5.26 Å². The van der Waals surface area contributed by atoms with Crippen LogP contribution >= 0.6 is 0 Å². The van der Waals surface area contributed by atoms with Gasteiger partial charge in [-0.05, 0) is 6.07 Å². The van der Waals surface area contributed by atoms with E-state index >= 15 is 0 Å². The molecular formula is C22H13N5O3. The summed E-state index contributed by atoms with van der Waals surface area (Å²) in [4.78, 5) is 24.7. The van der Waals surface area contributed by atoms with E-state index in [1.165, 1.54) is 16.9 Å². The maximum absolute atomic E-state index is 13.1. The third kappa shape index (κ3) is 3.43. The van der Waals surface area contributed by atoms with Gasteiger partial charge in [0.15, 0.2) is 5.69 Å². The van der Waals surface area contributed by atoms with Crippen LogP contribution in [0, 0.1) is 21.4 Å². The Morgan fingerprint density at radius 1 is 0.967 bits per heavy atom. The number of nitro benzene ring substituents is 1. The van der Waals surface area contributed by atoms with Gasteiger partial charge in [-0.15, -0.1) is 15.0 Å². The number of aromatic nitrogens is 3. The Hall–Kier alpha value is -4.64. The van der Waals surface area contributed by atoms with Gasteiger partial charge in [-0.1, -0.05) is 60.7 Å². The maximum Gasteiger partial charge on any atom is 0.270 e. The first-order valence-corrected chi connectivity index (χ1v) is 8.90. The number of nitrogens with zero attached hydrogens (tertiary/aromatic N) is 5. The number of nitriles is 1. The van der Waals surface area contributed by atoms with Crippen LogP contribution in [-0.2, 0) is 0 Å². The van der Waals surface area contributed by atoms with Gasteiger partial charge in [0.1, 0.15) is 17.5 Å². The molecule has 3 aromatic carbocycles. The predicted molar refractivity (Wildman–Crippen MR) is 108 cm³/mol. The van der Waals surface area contributed by atoms with Crippen LogP contribution in [0.1, 0.15) is 21.6 Å². The SMILES string of the molecule is N#Cc1cc([N+](=O)[O-])ccc1-n1nc(C(=O)c2ccccc2)c(-c2ccccc2)n1. The van der Waals surface area contributed by atoms with Crippen molar-refractivity contribution in [3.05, 3.63) is 106 Å². The van der Waals surface area contributed by atoms with Crippen LogP contribution in [0.25, 0.3) is 16.9 Å². The Labute approximate surface area is 170 Å². The average molecular weight is 395 g/mol. The molecule has 0 N–H and O–H groups in total. The maximum atomic E-state index is 13.1. The van der Waals surface area contributed by atoms with Gasteiger partial charge >= 0.3 is 0 Å². The second kappa shape index (κ2) is 7.77. The Morgan fingerprint density at radius 3 is 2.27 bits per heavy atom. The summed E-state index contributed by atoms with van der Waals surface area (Å²) in [7, 11) is 0. The molecule has 4 aromatic rings. The smallest absolute Gasteiger partial charge is 0.270 e. The Balaban J connectivity index is 1.90. The molecule has 0 aliphatic heterocycles. The van der Waals surface area contributed by atoms with Gasteiger partial charge in [-0.2, -0.15) is 5.26 Å². The number of benzene rings is 3. The second-order valence-corrected chi connectivity index (χ2v) is 6.32. The third-order valence-corrected chi connectivity index (χ3v) is 4.44. The van der Waals surface area contributed by atoms with E-state index in [2.05, 4.69) is 10.2 Å². The van der Waals surface area contributed by atoms with Crippen LogP contribution in [0.5, 0.6) is 0 Å². The summed E-state index contributed by atoms with van der Waals surface area (Å²) in [6, 6.07) is 23.5. The lowest BCUT2D eigenvalue weighted by Gasteiger charge is -2.02. The van der Waals surface area contributed by atoms with E-state index in [1.54, 1.807) is 36.4 Å². The molecular weight excluding hydrogens is 382 g/mol. The van der Waals surface area contributed by atoms with Crippen molar-refractivity contribution in [2.24, 2.45) is 0 Å². The highest BCUT2D eigenvalue weighted by Gasteiger charge is 2.23. The van der Waals surface area contributed by atoms with Crippen molar-refractivity contribution in [3.8, 4) is 23.0 Å². The van der Waals surface area contributed by atoms with Gasteiger partial charge < -0.3 is 0 Å². The van der Waals surface area contributed by atoms with Crippen LogP contribution in [0.4, 0.5) is 5.69 Å². The largest absolute Gasteiger partial charge is 0.287 e. The van der Waals surface area contributed by atoms with Crippen LogP contribution in [0.3, 0.4) is 0 Å². The van der Waals surface area contributed by atoms with Gasteiger partial charge in [0.05, 0.1) is 10.5 Å². The van der Waals surface area contributed by atoms with Crippen molar-refractivity contribution in [1.82, 2.24) is 15.0 Å². The topological polar surface area (TPSA) is 115 Å². The molecule has 8 heteroatoms. The molecule has 30 heavy (non-hydrogen) atoms. The van der Waals surface area contributed by atoms with E-state index in [-0.39, 0.29) is 28.4 Å². The standard InChI is InChI=1S/C22H13N5O3/c23-14-17-13-18(27(29)30)11-12-19(17)26-24-20(15-7-3-1-4-8-15)21(25-26)22(28)16-9-5-2-6-10-16/h1-13H. The van der Waals surface area contributed by atoms with Gasteiger partial charge in [-0.3, -0.25) is 14.9 Å². The minimum absolute atomic E-state index is 0.0255. The molecule has 0 unspecified atom stereocenters. The number of nitro groups is 1. The lowest BCUT2D eigenvalue weighted by Crippen LogP contribution is -2.06. The molecule has 8 nitrogen and oxygen atoms in total. The molecule has 0 atom stereocenters. The molecule has 0 aliphatic carbocycles. The first-order valence-electron chi connectivity index (χ1n) is 8.90. The fourth-order valence-electron chi connectivity index (χ4n) is 2.99. The van der Waals surface area contributed by atoms with Gasteiger partial charge in [0, 0.05) is 23.3 Å². The van der Waals surface area contributed by atoms with Crippen molar-refractivity contribution >= 4 is 11.5 Å². The summed E-state index contributed by atoms with van der Waals surface area (Å²) < 4.78 is 0. The minimum atomic E-state index is -0.582. The summed E-state index contributed by atoms with van der Waals surface area (Å²) in [5.74, 6) is -0.318. The van der Waals surface area contributed by atoms with Crippen molar-refractivity contribution in [2.45, 2.75) is 0 Å². The third-order valence-electron chi connectivity index (χ3n) is 4.44. The first kappa shape index (κ1) is 18.7. The zero-order chi connectivity index (χ0) is 21.1. The number of hydrogen-bond donors (Lipinski definition) is 0. The Kier molecular flexibility index (Phi) is 4.85. The molecule has 4 rings (SSSR count). The molecule has 0 spiro atoms. The van der Waals surface area contributed by atoms with Crippen LogP contribution < -0.4 is 0 Å². The van der Waals surface area contributed by atoms with E-state index < -0.39 is 4.92 Å². The summed E-state index contributed by atoms with van der Waals surface area (Å²) in [5, 5.41) is 29.3. The van der Waals surface area contributed by atoms with Crippen molar-refractivity contribution in [3.63, 3.8) is 0 Å². The van der Waals surface area contributed by atoms with Crippen molar-refractivity contribution < 1.29 is 9.72 Å². The number of ketones is 1. The quantitative estimate of drug-likeness (QED) is 0.287. The Morgan fingerprint density at radius 2 is 1.63 bits per heavy atom. The fraction of sp³-hybridized carbons (Fsp3) is 0. The molecule has 0 saturated heterocycles. The zero-order valence-corrected chi connectivity index (χ0v) is 15.5. The van der Waals surface area contributed by atoms with Crippen LogP contribution in [0.15, 0.2) is 78.9 Å². The first-order chi connectivity index (χ1) is 14.6. The van der Waals surface area contributed by atoms with E-state index in [0.717, 1.165) is 6.07 Å². The molecule has 0 fully saturated rings. The summed E-state index contributed by atoms with van der Waals surface area (Å²) in [6.07, 6.45) is 0.